The molecular formula is C18H16N2O. The van der Waals surface area contributed by atoms with Crippen molar-refractivity contribution in [2.45, 2.75) is 18.4 Å². The highest BCUT2D eigenvalue weighted by Crippen LogP contribution is 2.45. The molecule has 0 N–H and O–H groups in total. The van der Waals surface area contributed by atoms with Crippen molar-refractivity contribution < 1.29 is 4.79 Å². The molecule has 4 rings (SSSR count). The number of nitrogens with zero attached hydrogens (tertiary/aromatic N) is 2. The van der Waals surface area contributed by atoms with Crippen LogP contribution < -0.4 is 4.90 Å². The number of amides is 1. The van der Waals surface area contributed by atoms with Crippen LogP contribution in [-0.4, -0.2) is 24.2 Å². The van der Waals surface area contributed by atoms with Crippen LogP contribution in [0.2, 0.25) is 0 Å². The van der Waals surface area contributed by atoms with Crippen LogP contribution in [-0.2, 0) is 4.79 Å². The number of rotatable bonds is 1. The van der Waals surface area contributed by atoms with E-state index < -0.39 is 5.54 Å². The third-order valence-corrected chi connectivity index (χ3v) is 4.32. The van der Waals surface area contributed by atoms with Gasteiger partial charge in [-0.25, -0.2) is 0 Å². The number of para-hydroxylation sites is 1. The molecule has 0 bridgehead atoms. The average Bonchev–Trinajstić information content (AvgIpc) is 3.33. The van der Waals surface area contributed by atoms with Gasteiger partial charge in [0.2, 0.25) is 0 Å². The summed E-state index contributed by atoms with van der Waals surface area (Å²) in [5, 5.41) is 0. The molecular weight excluding hydrogens is 260 g/mol. The maximum absolute atomic E-state index is 12.7. The van der Waals surface area contributed by atoms with E-state index in [1.54, 1.807) is 4.90 Å². The fraction of sp³-hybridized carbons (Fsp3) is 0.222. The number of aliphatic imine (C=N–C) groups is 1. The Kier molecular flexibility index (Phi) is 2.52. The molecule has 0 atom stereocenters. The Morgan fingerprint density at radius 3 is 2.38 bits per heavy atom. The fourth-order valence-electron chi connectivity index (χ4n) is 2.97. The number of carbonyl (C=O) groups excluding carboxylic acids is 1. The second kappa shape index (κ2) is 4.29. The first-order valence-corrected chi connectivity index (χ1v) is 7.24. The number of carbonyl (C=O) groups is 1. The molecule has 2 aliphatic rings. The van der Waals surface area contributed by atoms with Gasteiger partial charge in [0.15, 0.2) is 0 Å². The molecule has 21 heavy (non-hydrogen) atoms. The van der Waals surface area contributed by atoms with Gasteiger partial charge in [-0.05, 0) is 18.9 Å². The van der Waals surface area contributed by atoms with Crippen molar-refractivity contribution >= 4 is 17.3 Å². The largest absolute Gasteiger partial charge is 0.313 e. The van der Waals surface area contributed by atoms with Gasteiger partial charge in [0.25, 0.3) is 5.91 Å². The Balaban J connectivity index is 1.99. The minimum atomic E-state index is -0.529. The van der Waals surface area contributed by atoms with E-state index >= 15 is 0 Å². The SMILES string of the molecule is CN1C(=O)C2(CC2)N=C(c2ccccc2)c2ccccc21. The average molecular weight is 276 g/mol. The summed E-state index contributed by atoms with van der Waals surface area (Å²) >= 11 is 0. The molecule has 1 amide bonds. The first-order chi connectivity index (χ1) is 10.2. The third-order valence-electron chi connectivity index (χ3n) is 4.32. The maximum Gasteiger partial charge on any atom is 0.254 e. The molecule has 3 nitrogen and oxygen atoms in total. The number of hydrogen-bond donors (Lipinski definition) is 0. The van der Waals surface area contributed by atoms with Crippen LogP contribution in [0.5, 0.6) is 0 Å². The number of benzene rings is 2. The molecule has 1 aliphatic carbocycles. The minimum Gasteiger partial charge on any atom is -0.313 e. The molecule has 0 radical (unpaired) electrons. The summed E-state index contributed by atoms with van der Waals surface area (Å²) in [7, 11) is 1.85. The zero-order chi connectivity index (χ0) is 14.4. The second-order valence-corrected chi connectivity index (χ2v) is 5.74. The van der Waals surface area contributed by atoms with Gasteiger partial charge in [0.05, 0.1) is 11.4 Å². The van der Waals surface area contributed by atoms with Crippen molar-refractivity contribution in [1.29, 1.82) is 0 Å². The van der Waals surface area contributed by atoms with Crippen molar-refractivity contribution in [3.8, 4) is 0 Å². The highest BCUT2D eigenvalue weighted by atomic mass is 16.2. The van der Waals surface area contributed by atoms with Crippen LogP contribution in [0.3, 0.4) is 0 Å². The quantitative estimate of drug-likeness (QED) is 0.788. The van der Waals surface area contributed by atoms with Gasteiger partial charge in [-0.15, -0.1) is 0 Å². The molecule has 0 saturated heterocycles. The standard InChI is InChI=1S/C18H16N2O/c1-20-15-10-6-5-9-14(15)16(13-7-3-2-4-8-13)19-18(11-12-18)17(20)21/h2-10H,11-12H2,1H3. The monoisotopic (exact) mass is 276 g/mol. The normalized spacial score (nSPS) is 19.0. The van der Waals surface area contributed by atoms with Crippen LogP contribution in [0, 0.1) is 0 Å². The van der Waals surface area contributed by atoms with E-state index in [2.05, 4.69) is 12.1 Å². The molecule has 1 heterocycles. The van der Waals surface area contributed by atoms with Crippen molar-refractivity contribution in [2.24, 2.45) is 4.99 Å². The molecule has 0 unspecified atom stereocenters. The van der Waals surface area contributed by atoms with Gasteiger partial charge in [-0.2, -0.15) is 0 Å². The molecule has 1 fully saturated rings. The van der Waals surface area contributed by atoms with Gasteiger partial charge in [-0.1, -0.05) is 48.5 Å². The predicted octanol–water partition coefficient (Wildman–Crippen LogP) is 3.03. The second-order valence-electron chi connectivity index (χ2n) is 5.74. The lowest BCUT2D eigenvalue weighted by atomic mass is 10.0. The zero-order valence-corrected chi connectivity index (χ0v) is 11.9. The fourth-order valence-corrected chi connectivity index (χ4v) is 2.97. The van der Waals surface area contributed by atoms with Gasteiger partial charge in [-0.3, -0.25) is 9.79 Å². The highest BCUT2D eigenvalue weighted by molar-refractivity contribution is 6.21. The van der Waals surface area contributed by atoms with E-state index in [-0.39, 0.29) is 5.91 Å². The van der Waals surface area contributed by atoms with E-state index in [1.165, 1.54) is 0 Å². The molecule has 2 aromatic rings. The first kappa shape index (κ1) is 12.3. The van der Waals surface area contributed by atoms with Gasteiger partial charge < -0.3 is 4.90 Å². The Bertz CT molecular complexity index is 745. The molecule has 2 aromatic carbocycles. The summed E-state index contributed by atoms with van der Waals surface area (Å²) in [6.45, 7) is 0. The zero-order valence-electron chi connectivity index (χ0n) is 11.9. The molecule has 104 valence electrons. The summed E-state index contributed by atoms with van der Waals surface area (Å²) in [4.78, 5) is 19.3. The van der Waals surface area contributed by atoms with E-state index in [0.29, 0.717) is 0 Å². The number of hydrogen-bond acceptors (Lipinski definition) is 2. The highest BCUT2D eigenvalue weighted by Gasteiger charge is 2.53. The predicted molar refractivity (Wildman–Crippen MR) is 83.9 cm³/mol. The Morgan fingerprint density at radius 2 is 1.67 bits per heavy atom. The first-order valence-electron chi connectivity index (χ1n) is 7.24. The maximum atomic E-state index is 12.7. The van der Waals surface area contributed by atoms with Crippen molar-refractivity contribution in [2.75, 3.05) is 11.9 Å². The number of likely N-dealkylation sites (N-methyl/N-ethyl adjacent to an activating group) is 1. The van der Waals surface area contributed by atoms with E-state index in [4.69, 9.17) is 4.99 Å². The number of anilines is 1. The van der Waals surface area contributed by atoms with E-state index in [1.807, 2.05) is 49.5 Å². The van der Waals surface area contributed by atoms with Crippen molar-refractivity contribution in [3.63, 3.8) is 0 Å². The van der Waals surface area contributed by atoms with Crippen molar-refractivity contribution in [3.05, 3.63) is 65.7 Å². The van der Waals surface area contributed by atoms with E-state index in [0.717, 1.165) is 35.4 Å². The summed E-state index contributed by atoms with van der Waals surface area (Å²) in [6, 6.07) is 18.1. The number of fused-ring (bicyclic) bond motifs is 1. The van der Waals surface area contributed by atoms with Gasteiger partial charge in [0.1, 0.15) is 5.54 Å². The van der Waals surface area contributed by atoms with Crippen LogP contribution in [0.25, 0.3) is 0 Å². The van der Waals surface area contributed by atoms with E-state index in [9.17, 15) is 4.79 Å². The lowest BCUT2D eigenvalue weighted by Gasteiger charge is -2.19. The molecule has 1 aliphatic heterocycles. The summed E-state index contributed by atoms with van der Waals surface area (Å²) in [5.74, 6) is 0.112. The summed E-state index contributed by atoms with van der Waals surface area (Å²) < 4.78 is 0. The van der Waals surface area contributed by atoms with Crippen LogP contribution in [0.15, 0.2) is 59.6 Å². The topological polar surface area (TPSA) is 32.7 Å². The van der Waals surface area contributed by atoms with Crippen LogP contribution in [0.1, 0.15) is 24.0 Å². The molecule has 1 spiro atoms. The summed E-state index contributed by atoms with van der Waals surface area (Å²) in [6.07, 6.45) is 1.70. The van der Waals surface area contributed by atoms with Gasteiger partial charge in [0, 0.05) is 18.2 Å². The smallest absolute Gasteiger partial charge is 0.254 e. The Morgan fingerprint density at radius 1 is 1.00 bits per heavy atom. The third kappa shape index (κ3) is 1.81. The molecule has 0 aromatic heterocycles. The van der Waals surface area contributed by atoms with Gasteiger partial charge >= 0.3 is 0 Å². The Hall–Kier alpha value is -2.42. The van der Waals surface area contributed by atoms with Crippen LogP contribution >= 0.6 is 0 Å². The van der Waals surface area contributed by atoms with Crippen LogP contribution in [0.4, 0.5) is 5.69 Å². The molecule has 3 heteroatoms. The lowest BCUT2D eigenvalue weighted by Crippen LogP contribution is -2.36. The minimum absolute atomic E-state index is 0.112. The summed E-state index contributed by atoms with van der Waals surface area (Å²) in [5.41, 5.74) is 3.44. The molecule has 1 saturated carbocycles. The van der Waals surface area contributed by atoms with Crippen molar-refractivity contribution in [1.82, 2.24) is 0 Å². The Labute approximate surface area is 123 Å². The lowest BCUT2D eigenvalue weighted by molar-refractivity contribution is -0.120.